The van der Waals surface area contributed by atoms with Crippen LogP contribution >= 0.6 is 11.3 Å². The van der Waals surface area contributed by atoms with Crippen molar-refractivity contribution in [2.45, 2.75) is 51.8 Å². The van der Waals surface area contributed by atoms with Gasteiger partial charge in [-0.25, -0.2) is 4.98 Å². The van der Waals surface area contributed by atoms with E-state index in [2.05, 4.69) is 19.2 Å². The fourth-order valence-corrected chi connectivity index (χ4v) is 3.34. The zero-order chi connectivity index (χ0) is 13.7. The zero-order valence-corrected chi connectivity index (χ0v) is 12.9. The highest BCUT2D eigenvalue weighted by atomic mass is 32.1. The molecule has 0 aromatic carbocycles. The maximum atomic E-state index is 5.56. The summed E-state index contributed by atoms with van der Waals surface area (Å²) in [5, 5.41) is 4.68. The van der Waals surface area contributed by atoms with Crippen LogP contribution in [0, 0.1) is 0 Å². The number of thiazole rings is 1. The topological polar surface area (TPSA) is 43.4 Å². The number of aromatic nitrogens is 1. The molecule has 19 heavy (non-hydrogen) atoms. The molecule has 1 unspecified atom stereocenters. The Labute approximate surface area is 119 Å². The summed E-state index contributed by atoms with van der Waals surface area (Å²) in [7, 11) is 1.72. The van der Waals surface area contributed by atoms with Crippen molar-refractivity contribution < 1.29 is 9.47 Å². The molecule has 1 N–H and O–H groups in total. The van der Waals surface area contributed by atoms with Crippen molar-refractivity contribution in [2.24, 2.45) is 0 Å². The van der Waals surface area contributed by atoms with Crippen LogP contribution in [-0.2, 0) is 22.6 Å². The number of methoxy groups -OCH3 is 1. The van der Waals surface area contributed by atoms with Gasteiger partial charge in [0.15, 0.2) is 0 Å². The molecule has 0 saturated carbocycles. The average Bonchev–Trinajstić information content (AvgIpc) is 2.81. The molecule has 0 amide bonds. The van der Waals surface area contributed by atoms with E-state index in [1.54, 1.807) is 7.11 Å². The van der Waals surface area contributed by atoms with Gasteiger partial charge in [-0.15, -0.1) is 11.3 Å². The number of nitrogens with zero attached hydrogens (tertiary/aromatic N) is 1. The first kappa shape index (κ1) is 14.9. The number of ether oxygens (including phenoxy) is 2. The van der Waals surface area contributed by atoms with Gasteiger partial charge in [0.2, 0.25) is 0 Å². The van der Waals surface area contributed by atoms with Crippen LogP contribution in [0.3, 0.4) is 0 Å². The second kappa shape index (κ2) is 7.33. The quantitative estimate of drug-likeness (QED) is 0.872. The van der Waals surface area contributed by atoms with Crippen LogP contribution in [0.2, 0.25) is 0 Å². The standard InChI is InChI=1S/C14H24N2O2S/c1-10(2)15-7-13-12(9-17-3)16-14(19-13)11-5-4-6-18-8-11/h10-11,15H,4-9H2,1-3H3. The van der Waals surface area contributed by atoms with Crippen LogP contribution in [0.15, 0.2) is 0 Å². The molecule has 1 aromatic heterocycles. The Morgan fingerprint density at radius 1 is 1.53 bits per heavy atom. The van der Waals surface area contributed by atoms with Crippen molar-refractivity contribution in [1.82, 2.24) is 10.3 Å². The molecule has 0 spiro atoms. The van der Waals surface area contributed by atoms with Gasteiger partial charge in [-0.2, -0.15) is 0 Å². The van der Waals surface area contributed by atoms with Crippen molar-refractivity contribution in [2.75, 3.05) is 20.3 Å². The van der Waals surface area contributed by atoms with Crippen molar-refractivity contribution in [1.29, 1.82) is 0 Å². The second-order valence-corrected chi connectivity index (χ2v) is 6.42. The minimum Gasteiger partial charge on any atom is -0.381 e. The first-order valence-electron chi connectivity index (χ1n) is 6.99. The van der Waals surface area contributed by atoms with Gasteiger partial charge >= 0.3 is 0 Å². The predicted molar refractivity (Wildman–Crippen MR) is 77.6 cm³/mol. The monoisotopic (exact) mass is 284 g/mol. The number of nitrogens with one attached hydrogen (secondary N) is 1. The fraction of sp³-hybridized carbons (Fsp3) is 0.786. The third-order valence-electron chi connectivity index (χ3n) is 3.26. The molecule has 108 valence electrons. The molecule has 0 bridgehead atoms. The van der Waals surface area contributed by atoms with Crippen LogP contribution in [-0.4, -0.2) is 31.3 Å². The minimum atomic E-state index is 0.474. The lowest BCUT2D eigenvalue weighted by Crippen LogP contribution is -2.21. The first-order chi connectivity index (χ1) is 9.20. The molecule has 2 heterocycles. The molecule has 0 aliphatic carbocycles. The maximum absolute atomic E-state index is 5.56. The molecule has 5 heteroatoms. The van der Waals surface area contributed by atoms with E-state index >= 15 is 0 Å². The molecule has 2 rings (SSSR count). The van der Waals surface area contributed by atoms with Crippen LogP contribution < -0.4 is 5.32 Å². The summed E-state index contributed by atoms with van der Waals surface area (Å²) >= 11 is 1.81. The molecule has 4 nitrogen and oxygen atoms in total. The van der Waals surface area contributed by atoms with E-state index in [9.17, 15) is 0 Å². The predicted octanol–water partition coefficient (Wildman–Crippen LogP) is 2.68. The molecule has 1 aliphatic rings. The molecule has 1 atom stereocenters. The van der Waals surface area contributed by atoms with E-state index in [4.69, 9.17) is 14.5 Å². The Kier molecular flexibility index (Phi) is 5.76. The third-order valence-corrected chi connectivity index (χ3v) is 4.52. The SMILES string of the molecule is COCc1nc(C2CCCOC2)sc1CNC(C)C. The molecule has 1 aromatic rings. The average molecular weight is 284 g/mol. The number of hydrogen-bond donors (Lipinski definition) is 1. The fourth-order valence-electron chi connectivity index (χ4n) is 2.20. The Morgan fingerprint density at radius 3 is 3.00 bits per heavy atom. The minimum absolute atomic E-state index is 0.474. The molecule has 1 saturated heterocycles. The molecule has 0 radical (unpaired) electrons. The van der Waals surface area contributed by atoms with Crippen LogP contribution in [0.5, 0.6) is 0 Å². The van der Waals surface area contributed by atoms with Crippen LogP contribution in [0.1, 0.15) is 48.2 Å². The lowest BCUT2D eigenvalue weighted by atomic mass is 10.0. The van der Waals surface area contributed by atoms with E-state index in [-0.39, 0.29) is 0 Å². The summed E-state index contributed by atoms with van der Waals surface area (Å²) in [5.74, 6) is 0.474. The lowest BCUT2D eigenvalue weighted by Gasteiger charge is -2.19. The highest BCUT2D eigenvalue weighted by molar-refractivity contribution is 7.11. The molecule has 1 aliphatic heterocycles. The van der Waals surface area contributed by atoms with Crippen molar-refractivity contribution in [3.8, 4) is 0 Å². The van der Waals surface area contributed by atoms with Gasteiger partial charge < -0.3 is 14.8 Å². The zero-order valence-electron chi connectivity index (χ0n) is 12.1. The Bertz CT molecular complexity index is 387. The summed E-state index contributed by atoms with van der Waals surface area (Å²) in [6.07, 6.45) is 2.33. The summed E-state index contributed by atoms with van der Waals surface area (Å²) in [4.78, 5) is 6.08. The van der Waals surface area contributed by atoms with Gasteiger partial charge in [0.1, 0.15) is 0 Å². The second-order valence-electron chi connectivity index (χ2n) is 5.30. The maximum Gasteiger partial charge on any atom is 0.0986 e. The van der Waals surface area contributed by atoms with Gasteiger partial charge in [0, 0.05) is 37.1 Å². The van der Waals surface area contributed by atoms with Gasteiger partial charge in [-0.05, 0) is 12.8 Å². The number of rotatable bonds is 6. The smallest absolute Gasteiger partial charge is 0.0986 e. The van der Waals surface area contributed by atoms with E-state index in [1.807, 2.05) is 11.3 Å². The Hall–Kier alpha value is -0.490. The van der Waals surface area contributed by atoms with Gasteiger partial charge in [0.25, 0.3) is 0 Å². The van der Waals surface area contributed by atoms with Crippen molar-refractivity contribution in [3.63, 3.8) is 0 Å². The van der Waals surface area contributed by atoms with Gasteiger partial charge in [0.05, 0.1) is 23.9 Å². The number of hydrogen-bond acceptors (Lipinski definition) is 5. The summed E-state index contributed by atoms with van der Waals surface area (Å²) in [6, 6.07) is 0.485. The summed E-state index contributed by atoms with van der Waals surface area (Å²) < 4.78 is 10.8. The Balaban J connectivity index is 2.08. The molecule has 1 fully saturated rings. The molecular formula is C14H24N2O2S. The normalized spacial score (nSPS) is 20.1. The van der Waals surface area contributed by atoms with Crippen molar-refractivity contribution in [3.05, 3.63) is 15.6 Å². The Morgan fingerprint density at radius 2 is 2.37 bits per heavy atom. The highest BCUT2D eigenvalue weighted by Gasteiger charge is 2.21. The van der Waals surface area contributed by atoms with Gasteiger partial charge in [-0.1, -0.05) is 13.8 Å². The summed E-state index contributed by atoms with van der Waals surface area (Å²) in [5.41, 5.74) is 1.08. The highest BCUT2D eigenvalue weighted by Crippen LogP contribution is 2.31. The van der Waals surface area contributed by atoms with Crippen molar-refractivity contribution >= 4 is 11.3 Å². The van der Waals surface area contributed by atoms with Crippen LogP contribution in [0.25, 0.3) is 0 Å². The van der Waals surface area contributed by atoms with E-state index in [0.717, 1.165) is 31.9 Å². The van der Waals surface area contributed by atoms with E-state index < -0.39 is 0 Å². The van der Waals surface area contributed by atoms with Gasteiger partial charge in [-0.3, -0.25) is 0 Å². The molecular weight excluding hydrogens is 260 g/mol. The lowest BCUT2D eigenvalue weighted by molar-refractivity contribution is 0.0802. The summed E-state index contributed by atoms with van der Waals surface area (Å²) in [6.45, 7) is 7.51. The largest absolute Gasteiger partial charge is 0.381 e. The first-order valence-corrected chi connectivity index (χ1v) is 7.81. The van der Waals surface area contributed by atoms with Crippen LogP contribution in [0.4, 0.5) is 0 Å². The third kappa shape index (κ3) is 4.24. The van der Waals surface area contributed by atoms with E-state index in [0.29, 0.717) is 18.6 Å². The van der Waals surface area contributed by atoms with E-state index in [1.165, 1.54) is 16.3 Å².